The first-order chi connectivity index (χ1) is 10.8. The fraction of sp³-hybridized carbons (Fsp3) is 0.0588. The first-order valence-electron chi connectivity index (χ1n) is 6.79. The molecule has 22 heavy (non-hydrogen) atoms. The summed E-state index contributed by atoms with van der Waals surface area (Å²) in [6.07, 6.45) is 2.66. The highest BCUT2D eigenvalue weighted by atomic mass is 16.5. The van der Waals surface area contributed by atoms with Gasteiger partial charge >= 0.3 is 0 Å². The fourth-order valence-electron chi connectivity index (χ4n) is 1.92. The van der Waals surface area contributed by atoms with Gasteiger partial charge in [0.15, 0.2) is 0 Å². The molecule has 1 N–H and O–H groups in total. The number of amides is 1. The van der Waals surface area contributed by atoms with Crippen LogP contribution in [0.25, 0.3) is 0 Å². The molecule has 0 spiro atoms. The summed E-state index contributed by atoms with van der Waals surface area (Å²) in [5.74, 6) is 0.411. The molecule has 0 aliphatic rings. The average Bonchev–Trinajstić information content (AvgIpc) is 3.09. The third kappa shape index (κ3) is 3.52. The Morgan fingerprint density at radius 1 is 1.14 bits per heavy atom. The zero-order valence-corrected chi connectivity index (χ0v) is 11.7. The number of nitrogens with zero attached hydrogens (tertiary/aromatic N) is 1. The van der Waals surface area contributed by atoms with Crippen LogP contribution >= 0.6 is 0 Å². The van der Waals surface area contributed by atoms with Gasteiger partial charge in [0.1, 0.15) is 18.6 Å². The second-order valence-electron chi connectivity index (χ2n) is 4.67. The zero-order valence-electron chi connectivity index (χ0n) is 11.7. The smallest absolute Gasteiger partial charge is 0.260 e. The van der Waals surface area contributed by atoms with Crippen LogP contribution in [0.5, 0.6) is 5.75 Å². The molecular weight excluding hydrogens is 280 g/mol. The first kappa shape index (κ1) is 13.9. The van der Waals surface area contributed by atoms with Crippen molar-refractivity contribution in [2.75, 3.05) is 5.32 Å². The van der Waals surface area contributed by atoms with Crippen molar-refractivity contribution in [1.82, 2.24) is 5.16 Å². The Morgan fingerprint density at radius 3 is 2.77 bits per heavy atom. The number of hydrogen-bond acceptors (Lipinski definition) is 4. The van der Waals surface area contributed by atoms with Gasteiger partial charge in [-0.2, -0.15) is 0 Å². The van der Waals surface area contributed by atoms with E-state index in [2.05, 4.69) is 15.0 Å². The van der Waals surface area contributed by atoms with Crippen LogP contribution < -0.4 is 10.1 Å². The average molecular weight is 294 g/mol. The summed E-state index contributed by atoms with van der Waals surface area (Å²) in [7, 11) is 0. The highest BCUT2D eigenvalue weighted by molar-refractivity contribution is 6.03. The standard InChI is InChI=1S/C17H14N2O3/c20-17(14-10-18-22-12-14)19-15-7-4-8-16(9-15)21-11-13-5-2-1-3-6-13/h1-10,12H,11H2,(H,19,20). The molecule has 3 rings (SSSR count). The number of hydrogen-bond donors (Lipinski definition) is 1. The van der Waals surface area contributed by atoms with Crippen LogP contribution in [-0.2, 0) is 6.61 Å². The van der Waals surface area contributed by atoms with E-state index in [4.69, 9.17) is 4.74 Å². The zero-order chi connectivity index (χ0) is 15.2. The van der Waals surface area contributed by atoms with Crippen molar-refractivity contribution in [2.24, 2.45) is 0 Å². The lowest BCUT2D eigenvalue weighted by Gasteiger charge is -2.08. The normalized spacial score (nSPS) is 10.2. The Bertz CT molecular complexity index is 740. The molecule has 0 radical (unpaired) electrons. The van der Waals surface area contributed by atoms with Crippen LogP contribution in [0.4, 0.5) is 5.69 Å². The van der Waals surface area contributed by atoms with Gasteiger partial charge in [0.05, 0.1) is 11.8 Å². The maximum atomic E-state index is 11.9. The molecule has 0 bridgehead atoms. The Hall–Kier alpha value is -3.08. The van der Waals surface area contributed by atoms with Crippen molar-refractivity contribution in [1.29, 1.82) is 0 Å². The van der Waals surface area contributed by atoms with Crippen LogP contribution in [0.15, 0.2) is 71.6 Å². The predicted molar refractivity (Wildman–Crippen MR) is 81.7 cm³/mol. The lowest BCUT2D eigenvalue weighted by Crippen LogP contribution is -2.10. The molecule has 0 fully saturated rings. The van der Waals surface area contributed by atoms with Gasteiger partial charge in [-0.25, -0.2) is 0 Å². The molecule has 110 valence electrons. The Labute approximate surface area is 127 Å². The van der Waals surface area contributed by atoms with Crippen molar-refractivity contribution < 1.29 is 14.1 Å². The van der Waals surface area contributed by atoms with Gasteiger partial charge in [-0.15, -0.1) is 0 Å². The molecule has 0 atom stereocenters. The largest absolute Gasteiger partial charge is 0.489 e. The number of carbonyl (C=O) groups excluding carboxylic acids is 1. The number of carbonyl (C=O) groups is 1. The van der Waals surface area contributed by atoms with E-state index in [1.54, 1.807) is 12.1 Å². The lowest BCUT2D eigenvalue weighted by molar-refractivity contribution is 0.102. The van der Waals surface area contributed by atoms with E-state index >= 15 is 0 Å². The molecule has 0 aliphatic heterocycles. The van der Waals surface area contributed by atoms with Crippen molar-refractivity contribution in [3.8, 4) is 5.75 Å². The van der Waals surface area contributed by atoms with E-state index in [9.17, 15) is 4.79 Å². The summed E-state index contributed by atoms with van der Waals surface area (Å²) in [5.41, 5.74) is 2.11. The van der Waals surface area contributed by atoms with E-state index in [-0.39, 0.29) is 5.91 Å². The molecule has 0 saturated carbocycles. The lowest BCUT2D eigenvalue weighted by atomic mass is 10.2. The molecule has 5 nitrogen and oxygen atoms in total. The molecular formula is C17H14N2O3. The predicted octanol–water partition coefficient (Wildman–Crippen LogP) is 3.51. The number of rotatable bonds is 5. The topological polar surface area (TPSA) is 64.4 Å². The Balaban J connectivity index is 1.64. The highest BCUT2D eigenvalue weighted by Crippen LogP contribution is 2.19. The molecule has 1 heterocycles. The van der Waals surface area contributed by atoms with E-state index in [0.29, 0.717) is 23.6 Å². The number of aromatic nitrogens is 1. The quantitative estimate of drug-likeness (QED) is 0.782. The molecule has 2 aromatic carbocycles. The van der Waals surface area contributed by atoms with Gasteiger partial charge in [-0.3, -0.25) is 4.79 Å². The summed E-state index contributed by atoms with van der Waals surface area (Å²) in [5, 5.41) is 6.27. The van der Waals surface area contributed by atoms with Crippen LogP contribution in [0.3, 0.4) is 0 Å². The van der Waals surface area contributed by atoms with E-state index in [1.165, 1.54) is 12.5 Å². The second kappa shape index (κ2) is 6.58. The number of benzene rings is 2. The second-order valence-corrected chi connectivity index (χ2v) is 4.67. The molecule has 0 unspecified atom stereocenters. The minimum Gasteiger partial charge on any atom is -0.489 e. The highest BCUT2D eigenvalue weighted by Gasteiger charge is 2.08. The minimum absolute atomic E-state index is 0.276. The van der Waals surface area contributed by atoms with Crippen molar-refractivity contribution in [2.45, 2.75) is 6.61 Å². The van der Waals surface area contributed by atoms with E-state index in [0.717, 1.165) is 5.56 Å². The third-order valence-electron chi connectivity index (χ3n) is 3.03. The molecule has 5 heteroatoms. The molecule has 1 amide bonds. The summed E-state index contributed by atoms with van der Waals surface area (Å²) in [6, 6.07) is 17.1. The van der Waals surface area contributed by atoms with E-state index < -0.39 is 0 Å². The van der Waals surface area contributed by atoms with Gasteiger partial charge in [-0.05, 0) is 17.7 Å². The number of ether oxygens (including phenoxy) is 1. The van der Waals surface area contributed by atoms with Gasteiger partial charge in [0.25, 0.3) is 5.91 Å². The minimum atomic E-state index is -0.276. The SMILES string of the molecule is O=C(Nc1cccc(OCc2ccccc2)c1)c1cnoc1. The van der Waals surface area contributed by atoms with Crippen molar-refractivity contribution in [3.05, 3.63) is 78.2 Å². The molecule has 3 aromatic rings. The van der Waals surface area contributed by atoms with Gasteiger partial charge < -0.3 is 14.6 Å². The molecule has 1 aromatic heterocycles. The summed E-state index contributed by atoms with van der Waals surface area (Å²) < 4.78 is 10.4. The fourth-order valence-corrected chi connectivity index (χ4v) is 1.92. The summed E-state index contributed by atoms with van der Waals surface area (Å²) in [6.45, 7) is 0.476. The van der Waals surface area contributed by atoms with Crippen molar-refractivity contribution >= 4 is 11.6 Å². The van der Waals surface area contributed by atoms with Crippen molar-refractivity contribution in [3.63, 3.8) is 0 Å². The van der Waals surface area contributed by atoms with Gasteiger partial charge in [-0.1, -0.05) is 41.6 Å². The monoisotopic (exact) mass is 294 g/mol. The van der Waals surface area contributed by atoms with Gasteiger partial charge in [0.2, 0.25) is 0 Å². The first-order valence-corrected chi connectivity index (χ1v) is 6.79. The maximum absolute atomic E-state index is 11.9. The maximum Gasteiger partial charge on any atom is 0.260 e. The van der Waals surface area contributed by atoms with Crippen LogP contribution in [0.1, 0.15) is 15.9 Å². The summed E-state index contributed by atoms with van der Waals surface area (Å²) >= 11 is 0. The summed E-state index contributed by atoms with van der Waals surface area (Å²) in [4.78, 5) is 11.9. The van der Waals surface area contributed by atoms with Crippen LogP contribution in [-0.4, -0.2) is 11.1 Å². The van der Waals surface area contributed by atoms with Gasteiger partial charge in [0, 0.05) is 11.8 Å². The Morgan fingerprint density at radius 2 is 2.00 bits per heavy atom. The van der Waals surface area contributed by atoms with Crippen LogP contribution in [0.2, 0.25) is 0 Å². The molecule has 0 aliphatic carbocycles. The third-order valence-corrected chi connectivity index (χ3v) is 3.03. The van der Waals surface area contributed by atoms with E-state index in [1.807, 2.05) is 42.5 Å². The van der Waals surface area contributed by atoms with Crippen LogP contribution in [0, 0.1) is 0 Å². The Kier molecular flexibility index (Phi) is 4.15. The number of nitrogens with one attached hydrogen (secondary N) is 1. The molecule has 0 saturated heterocycles. The number of anilines is 1.